The van der Waals surface area contributed by atoms with Gasteiger partial charge in [0.25, 0.3) is 5.91 Å². The van der Waals surface area contributed by atoms with Gasteiger partial charge < -0.3 is 35.5 Å². The highest BCUT2D eigenvalue weighted by Gasteiger charge is 2.31. The number of halogens is 1. The van der Waals surface area contributed by atoms with Gasteiger partial charge in [-0.1, -0.05) is 130 Å². The zero-order valence-corrected chi connectivity index (χ0v) is 40.3. The number of ether oxygens (including phenoxy) is 1. The molecule has 0 bridgehead atoms. The number of aliphatic hydroxyl groups excluding tert-OH is 2. The summed E-state index contributed by atoms with van der Waals surface area (Å²) in [5.41, 5.74) is 4.79. The van der Waals surface area contributed by atoms with E-state index in [1.54, 1.807) is 12.1 Å². The SMILES string of the molecule is CC/C=C\C/C=C\C/C=C\C/C=C\C/C=C\CCCC(=O)NCCOCCNC(=O)C[C@H](O)C[C@H](O)CCn1c(-c2ccc(F)cc2)c(-c2ccccc2)c(C(=O)Nc2ccccc2)c1C(C)C. The number of hydrogen-bond donors (Lipinski definition) is 5. The Bertz CT molecular complexity index is 2250. The Morgan fingerprint density at radius 2 is 1.25 bits per heavy atom. The molecule has 0 aliphatic rings. The number of para-hydroxylation sites is 1. The summed E-state index contributed by atoms with van der Waals surface area (Å²) in [6.45, 7) is 7.58. The van der Waals surface area contributed by atoms with Crippen molar-refractivity contribution < 1.29 is 33.7 Å². The van der Waals surface area contributed by atoms with Crippen LogP contribution in [0.25, 0.3) is 22.4 Å². The monoisotopic (exact) mass is 929 g/mol. The van der Waals surface area contributed by atoms with E-state index in [0.717, 1.165) is 56.2 Å². The van der Waals surface area contributed by atoms with Crippen LogP contribution < -0.4 is 16.0 Å². The lowest BCUT2D eigenvalue weighted by atomic mass is 9.94. The molecule has 0 saturated carbocycles. The van der Waals surface area contributed by atoms with E-state index in [4.69, 9.17) is 4.74 Å². The largest absolute Gasteiger partial charge is 0.393 e. The summed E-state index contributed by atoms with van der Waals surface area (Å²) >= 11 is 0. The number of unbranched alkanes of at least 4 members (excludes halogenated alkanes) is 1. The average molecular weight is 929 g/mol. The molecule has 0 radical (unpaired) electrons. The Morgan fingerprint density at radius 1 is 0.691 bits per heavy atom. The maximum absolute atomic E-state index is 14.3. The van der Waals surface area contributed by atoms with Gasteiger partial charge in [0.15, 0.2) is 0 Å². The molecule has 11 heteroatoms. The predicted molar refractivity (Wildman–Crippen MR) is 275 cm³/mol. The second kappa shape index (κ2) is 31.8. The molecular formula is C57H73FN4O6. The number of hydrogen-bond acceptors (Lipinski definition) is 6. The summed E-state index contributed by atoms with van der Waals surface area (Å²) in [4.78, 5) is 39.2. The molecule has 3 aromatic carbocycles. The van der Waals surface area contributed by atoms with Gasteiger partial charge in [-0.2, -0.15) is 0 Å². The number of rotatable bonds is 31. The highest BCUT2D eigenvalue weighted by atomic mass is 19.1. The van der Waals surface area contributed by atoms with Crippen LogP contribution in [0.15, 0.2) is 146 Å². The Morgan fingerprint density at radius 3 is 1.84 bits per heavy atom. The van der Waals surface area contributed by atoms with Crippen LogP contribution in [0.5, 0.6) is 0 Å². The fraction of sp³-hybridized carbons (Fsp3) is 0.386. The van der Waals surface area contributed by atoms with Crippen molar-refractivity contribution in [1.29, 1.82) is 0 Å². The summed E-state index contributed by atoms with van der Waals surface area (Å²) in [5.74, 6) is -1.21. The highest BCUT2D eigenvalue weighted by molar-refractivity contribution is 6.12. The van der Waals surface area contributed by atoms with Crippen LogP contribution in [-0.2, 0) is 20.9 Å². The third kappa shape index (κ3) is 20.0. The third-order valence-electron chi connectivity index (χ3n) is 11.0. The summed E-state index contributed by atoms with van der Waals surface area (Å²) in [7, 11) is 0. The standard InChI is InChI=1S/C57H73FN4O6/c1-4-5-6-7-8-9-10-11-12-13-14-15-16-17-18-19-26-31-51(65)59-37-40-68-41-38-60-52(66)43-50(64)42-49(63)36-39-62-55(44(2)3)54(57(67)61-48-29-24-21-25-30-48)53(45-27-22-20-23-28-45)56(62)46-32-34-47(58)35-33-46/h5-6,8-9,11-12,14-15,17-18,20-25,27-30,32-35,44,49-50,63-64H,4,7,10,13,16,19,26,31,36-43H2,1-3H3,(H,59,65)(H,60,66)(H,61,67)/b6-5-,9-8-,12-11-,15-14-,18-17-/t49-,50-/m1/s1. The lowest BCUT2D eigenvalue weighted by Gasteiger charge is -2.20. The van der Waals surface area contributed by atoms with Gasteiger partial charge in [0, 0.05) is 43.0 Å². The molecule has 2 atom stereocenters. The number of allylic oxidation sites excluding steroid dienone is 10. The van der Waals surface area contributed by atoms with E-state index in [1.165, 1.54) is 12.1 Å². The van der Waals surface area contributed by atoms with E-state index < -0.39 is 12.2 Å². The molecule has 364 valence electrons. The van der Waals surface area contributed by atoms with Crippen molar-refractivity contribution in [1.82, 2.24) is 15.2 Å². The zero-order chi connectivity index (χ0) is 48.8. The topological polar surface area (TPSA) is 142 Å². The van der Waals surface area contributed by atoms with E-state index in [-0.39, 0.29) is 68.4 Å². The van der Waals surface area contributed by atoms with Crippen molar-refractivity contribution in [2.75, 3.05) is 31.6 Å². The first kappa shape index (κ1) is 54.5. The number of anilines is 1. The predicted octanol–water partition coefficient (Wildman–Crippen LogP) is 11.4. The van der Waals surface area contributed by atoms with Gasteiger partial charge >= 0.3 is 0 Å². The Kier molecular flexibility index (Phi) is 25.4. The molecule has 68 heavy (non-hydrogen) atoms. The molecule has 0 aliphatic carbocycles. The summed E-state index contributed by atoms with van der Waals surface area (Å²) in [6.07, 6.45) is 26.4. The fourth-order valence-corrected chi connectivity index (χ4v) is 7.75. The number of aromatic nitrogens is 1. The number of carbonyl (C=O) groups excluding carboxylic acids is 3. The molecule has 1 aromatic heterocycles. The molecule has 0 unspecified atom stereocenters. The first-order valence-corrected chi connectivity index (χ1v) is 24.2. The van der Waals surface area contributed by atoms with E-state index in [0.29, 0.717) is 47.6 Å². The quantitative estimate of drug-likeness (QED) is 0.0251. The molecular weight excluding hydrogens is 856 g/mol. The minimum atomic E-state index is -1.10. The van der Waals surface area contributed by atoms with Gasteiger partial charge in [-0.15, -0.1) is 0 Å². The van der Waals surface area contributed by atoms with E-state index in [2.05, 4.69) is 83.6 Å². The molecule has 1 heterocycles. The van der Waals surface area contributed by atoms with Crippen LogP contribution in [0.4, 0.5) is 10.1 Å². The number of nitrogens with one attached hydrogen (secondary N) is 3. The molecule has 10 nitrogen and oxygen atoms in total. The maximum Gasteiger partial charge on any atom is 0.258 e. The molecule has 5 N–H and O–H groups in total. The molecule has 0 aliphatic heterocycles. The smallest absolute Gasteiger partial charge is 0.258 e. The molecule has 0 spiro atoms. The van der Waals surface area contributed by atoms with Crippen molar-refractivity contribution in [3.05, 3.63) is 163 Å². The summed E-state index contributed by atoms with van der Waals surface area (Å²) in [6, 6.07) is 25.0. The van der Waals surface area contributed by atoms with Gasteiger partial charge in [-0.3, -0.25) is 14.4 Å². The van der Waals surface area contributed by atoms with E-state index in [1.807, 2.05) is 79.1 Å². The van der Waals surface area contributed by atoms with Crippen molar-refractivity contribution in [2.24, 2.45) is 0 Å². The lowest BCUT2D eigenvalue weighted by molar-refractivity contribution is -0.123. The Hall–Kier alpha value is -6.14. The number of aliphatic hydroxyl groups is 2. The average Bonchev–Trinajstić information content (AvgIpc) is 3.68. The van der Waals surface area contributed by atoms with Gasteiger partial charge in [-0.05, 0) is 111 Å². The normalized spacial score (nSPS) is 12.9. The van der Waals surface area contributed by atoms with E-state index >= 15 is 0 Å². The van der Waals surface area contributed by atoms with Crippen LogP contribution in [0.3, 0.4) is 0 Å². The van der Waals surface area contributed by atoms with Crippen molar-refractivity contribution in [3.63, 3.8) is 0 Å². The molecule has 4 aromatic rings. The first-order valence-electron chi connectivity index (χ1n) is 24.2. The molecule has 0 saturated heterocycles. The highest BCUT2D eigenvalue weighted by Crippen LogP contribution is 2.42. The van der Waals surface area contributed by atoms with Crippen molar-refractivity contribution in [2.45, 2.75) is 116 Å². The van der Waals surface area contributed by atoms with Gasteiger partial charge in [0.2, 0.25) is 11.8 Å². The summed E-state index contributed by atoms with van der Waals surface area (Å²) in [5, 5.41) is 30.7. The first-order chi connectivity index (χ1) is 33.1. The van der Waals surface area contributed by atoms with Crippen LogP contribution in [0.2, 0.25) is 0 Å². The molecule has 4 rings (SSSR count). The van der Waals surface area contributed by atoms with Gasteiger partial charge in [-0.25, -0.2) is 4.39 Å². The second-order valence-corrected chi connectivity index (χ2v) is 16.9. The number of carbonyl (C=O) groups is 3. The van der Waals surface area contributed by atoms with Gasteiger partial charge in [0.1, 0.15) is 5.82 Å². The fourth-order valence-electron chi connectivity index (χ4n) is 7.75. The number of amides is 3. The number of nitrogens with zero attached hydrogens (tertiary/aromatic N) is 1. The van der Waals surface area contributed by atoms with Crippen molar-refractivity contribution >= 4 is 23.4 Å². The molecule has 0 fully saturated rings. The Balaban J connectivity index is 1.17. The van der Waals surface area contributed by atoms with E-state index in [9.17, 15) is 29.0 Å². The van der Waals surface area contributed by atoms with Crippen LogP contribution >= 0.6 is 0 Å². The van der Waals surface area contributed by atoms with Crippen molar-refractivity contribution in [3.8, 4) is 22.4 Å². The van der Waals surface area contributed by atoms with Gasteiger partial charge in [0.05, 0.1) is 43.1 Å². The van der Waals surface area contributed by atoms with Crippen LogP contribution in [-0.4, -0.2) is 71.0 Å². The summed E-state index contributed by atoms with van der Waals surface area (Å²) < 4.78 is 21.9. The lowest BCUT2D eigenvalue weighted by Crippen LogP contribution is -2.32. The molecule has 3 amide bonds. The minimum Gasteiger partial charge on any atom is -0.393 e. The second-order valence-electron chi connectivity index (χ2n) is 16.9. The number of benzene rings is 3. The Labute approximate surface area is 403 Å². The third-order valence-corrected chi connectivity index (χ3v) is 11.0. The minimum absolute atomic E-state index is 0.0274. The van der Waals surface area contributed by atoms with Crippen LogP contribution in [0, 0.1) is 5.82 Å². The maximum atomic E-state index is 14.3. The van der Waals surface area contributed by atoms with Crippen LogP contribution in [0.1, 0.15) is 113 Å². The zero-order valence-electron chi connectivity index (χ0n) is 40.3.